The summed E-state index contributed by atoms with van der Waals surface area (Å²) < 4.78 is 0. The van der Waals surface area contributed by atoms with Crippen molar-refractivity contribution >= 4 is 17.1 Å². The van der Waals surface area contributed by atoms with E-state index in [2.05, 4.69) is 25.8 Å². The van der Waals surface area contributed by atoms with Gasteiger partial charge in [0, 0.05) is 10.8 Å². The minimum absolute atomic E-state index is 0.00358. The monoisotopic (exact) mass is 269 g/mol. The normalized spacial score (nSPS) is 12.8. The molecular formula is C14H23NO2S. The summed E-state index contributed by atoms with van der Waals surface area (Å²) in [6.45, 7) is 9.97. The van der Waals surface area contributed by atoms with E-state index in [9.17, 15) is 9.90 Å². The first kappa shape index (κ1) is 15.3. The summed E-state index contributed by atoms with van der Waals surface area (Å²) in [5, 5.41) is 12.9. The van der Waals surface area contributed by atoms with Crippen LogP contribution in [0.3, 0.4) is 0 Å². The van der Waals surface area contributed by atoms with Gasteiger partial charge in [0.1, 0.15) is 10.6 Å². The Morgan fingerprint density at radius 2 is 1.89 bits per heavy atom. The van der Waals surface area contributed by atoms with Gasteiger partial charge in [0.15, 0.2) is 5.78 Å². The molecule has 1 aromatic heterocycles. The second-order valence-electron chi connectivity index (χ2n) is 5.72. The van der Waals surface area contributed by atoms with E-state index in [1.165, 1.54) is 11.3 Å². The molecule has 0 radical (unpaired) electrons. The van der Waals surface area contributed by atoms with E-state index in [0.717, 1.165) is 10.7 Å². The van der Waals surface area contributed by atoms with Gasteiger partial charge in [-0.05, 0) is 12.8 Å². The van der Waals surface area contributed by atoms with Crippen LogP contribution in [0.2, 0.25) is 0 Å². The van der Waals surface area contributed by atoms with Crippen molar-refractivity contribution in [3.05, 3.63) is 16.1 Å². The topological polar surface area (TPSA) is 50.2 Å². The van der Waals surface area contributed by atoms with Crippen LogP contribution in [-0.2, 0) is 16.6 Å². The standard InChI is InChI=1S/C14H23NO2S/c1-6-14(17,7-2)11(16)8-12-15-10(9-18-12)13(3,4)5/h9,17H,6-8H2,1-5H3. The van der Waals surface area contributed by atoms with Crippen LogP contribution >= 0.6 is 11.3 Å². The van der Waals surface area contributed by atoms with Crippen molar-refractivity contribution < 1.29 is 9.90 Å². The lowest BCUT2D eigenvalue weighted by Gasteiger charge is -2.22. The van der Waals surface area contributed by atoms with Crippen molar-refractivity contribution in [2.45, 2.75) is 64.9 Å². The molecule has 1 N–H and O–H groups in total. The average molecular weight is 269 g/mol. The van der Waals surface area contributed by atoms with Crippen molar-refractivity contribution in [3.8, 4) is 0 Å². The number of carbonyl (C=O) groups excluding carboxylic acids is 1. The second-order valence-corrected chi connectivity index (χ2v) is 6.66. The van der Waals surface area contributed by atoms with E-state index in [-0.39, 0.29) is 17.6 Å². The summed E-state index contributed by atoms with van der Waals surface area (Å²) in [6.07, 6.45) is 1.15. The van der Waals surface area contributed by atoms with E-state index in [1.807, 2.05) is 19.2 Å². The Hall–Kier alpha value is -0.740. The molecular weight excluding hydrogens is 246 g/mol. The SMILES string of the molecule is CCC(O)(CC)C(=O)Cc1nc(C(C)(C)C)cs1. The molecule has 1 rings (SSSR count). The minimum atomic E-state index is -1.19. The predicted octanol–water partition coefficient (Wildman–Crippen LogP) is 3.10. The third-order valence-corrected chi connectivity index (χ3v) is 4.17. The summed E-state index contributed by atoms with van der Waals surface area (Å²) >= 11 is 1.50. The largest absolute Gasteiger partial charge is 0.382 e. The van der Waals surface area contributed by atoms with Crippen LogP contribution in [0.1, 0.15) is 58.2 Å². The highest BCUT2D eigenvalue weighted by Gasteiger charge is 2.32. The molecule has 0 aliphatic carbocycles. The molecule has 102 valence electrons. The van der Waals surface area contributed by atoms with Gasteiger partial charge in [0.2, 0.25) is 0 Å². The zero-order chi connectivity index (χ0) is 14.0. The number of thiazole rings is 1. The number of Topliss-reactive ketones (excluding diaryl/α,β-unsaturated/α-hetero) is 1. The van der Waals surface area contributed by atoms with Crippen LogP contribution in [0.15, 0.2) is 5.38 Å². The van der Waals surface area contributed by atoms with Crippen molar-refractivity contribution in [1.82, 2.24) is 4.98 Å². The van der Waals surface area contributed by atoms with Crippen LogP contribution in [0.4, 0.5) is 0 Å². The van der Waals surface area contributed by atoms with Crippen molar-refractivity contribution in [2.75, 3.05) is 0 Å². The fourth-order valence-corrected chi connectivity index (χ4v) is 2.70. The molecule has 1 aromatic rings. The van der Waals surface area contributed by atoms with Crippen molar-refractivity contribution in [3.63, 3.8) is 0 Å². The number of carbonyl (C=O) groups is 1. The quantitative estimate of drug-likeness (QED) is 0.893. The Kier molecular flexibility index (Phi) is 4.67. The van der Waals surface area contributed by atoms with Crippen LogP contribution in [0, 0.1) is 0 Å². The lowest BCUT2D eigenvalue weighted by molar-refractivity contribution is -0.137. The fourth-order valence-electron chi connectivity index (χ4n) is 1.68. The van der Waals surface area contributed by atoms with Gasteiger partial charge in [-0.15, -0.1) is 11.3 Å². The first-order chi connectivity index (χ1) is 8.23. The molecule has 0 saturated carbocycles. The highest BCUT2D eigenvalue weighted by atomic mass is 32.1. The number of aromatic nitrogens is 1. The van der Waals surface area contributed by atoms with Gasteiger partial charge >= 0.3 is 0 Å². The Morgan fingerprint density at radius 3 is 2.28 bits per heavy atom. The smallest absolute Gasteiger partial charge is 0.171 e. The van der Waals surface area contributed by atoms with E-state index in [1.54, 1.807) is 0 Å². The van der Waals surface area contributed by atoms with Gasteiger partial charge in [-0.1, -0.05) is 34.6 Å². The van der Waals surface area contributed by atoms with Crippen LogP contribution in [-0.4, -0.2) is 21.5 Å². The van der Waals surface area contributed by atoms with E-state index in [4.69, 9.17) is 0 Å². The summed E-state index contributed by atoms with van der Waals surface area (Å²) in [6, 6.07) is 0. The van der Waals surface area contributed by atoms with Gasteiger partial charge in [0.05, 0.1) is 12.1 Å². The molecule has 0 saturated heterocycles. The second kappa shape index (κ2) is 5.49. The van der Waals surface area contributed by atoms with Gasteiger partial charge in [-0.2, -0.15) is 0 Å². The van der Waals surface area contributed by atoms with Gasteiger partial charge < -0.3 is 5.11 Å². The number of ketones is 1. The fraction of sp³-hybridized carbons (Fsp3) is 0.714. The summed E-state index contributed by atoms with van der Waals surface area (Å²) in [7, 11) is 0. The van der Waals surface area contributed by atoms with Crippen LogP contribution in [0.5, 0.6) is 0 Å². The molecule has 0 atom stereocenters. The highest BCUT2D eigenvalue weighted by Crippen LogP contribution is 2.25. The number of hydrogen-bond donors (Lipinski definition) is 1. The van der Waals surface area contributed by atoms with Gasteiger partial charge in [-0.25, -0.2) is 4.98 Å². The molecule has 0 amide bonds. The molecule has 0 aliphatic heterocycles. The molecule has 0 spiro atoms. The van der Waals surface area contributed by atoms with Gasteiger partial charge in [-0.3, -0.25) is 4.79 Å². The lowest BCUT2D eigenvalue weighted by Crippen LogP contribution is -2.38. The number of hydrogen-bond acceptors (Lipinski definition) is 4. The first-order valence-electron chi connectivity index (χ1n) is 6.43. The Morgan fingerprint density at radius 1 is 1.33 bits per heavy atom. The maximum atomic E-state index is 12.1. The molecule has 3 nitrogen and oxygen atoms in total. The summed E-state index contributed by atoms with van der Waals surface area (Å²) in [5.41, 5.74) is -0.177. The van der Waals surface area contributed by atoms with Crippen LogP contribution in [0.25, 0.3) is 0 Å². The minimum Gasteiger partial charge on any atom is -0.382 e. The third kappa shape index (κ3) is 3.39. The number of nitrogens with zero attached hydrogens (tertiary/aromatic N) is 1. The number of rotatable bonds is 5. The molecule has 0 aromatic carbocycles. The average Bonchev–Trinajstić information content (AvgIpc) is 2.76. The van der Waals surface area contributed by atoms with Crippen LogP contribution < -0.4 is 0 Å². The molecule has 0 bridgehead atoms. The molecule has 0 aliphatic rings. The molecule has 18 heavy (non-hydrogen) atoms. The maximum Gasteiger partial charge on any atom is 0.171 e. The Balaban J connectivity index is 2.80. The van der Waals surface area contributed by atoms with E-state index in [0.29, 0.717) is 12.8 Å². The zero-order valence-corrected chi connectivity index (χ0v) is 12.7. The number of aliphatic hydroxyl groups is 1. The molecule has 0 unspecified atom stereocenters. The predicted molar refractivity (Wildman–Crippen MR) is 75.1 cm³/mol. The maximum absolute atomic E-state index is 12.1. The van der Waals surface area contributed by atoms with Gasteiger partial charge in [0.25, 0.3) is 0 Å². The molecule has 1 heterocycles. The molecule has 0 fully saturated rings. The van der Waals surface area contributed by atoms with E-state index < -0.39 is 5.60 Å². The zero-order valence-electron chi connectivity index (χ0n) is 11.9. The first-order valence-corrected chi connectivity index (χ1v) is 7.31. The Bertz CT molecular complexity index is 414. The van der Waals surface area contributed by atoms with Crippen molar-refractivity contribution in [1.29, 1.82) is 0 Å². The van der Waals surface area contributed by atoms with E-state index >= 15 is 0 Å². The lowest BCUT2D eigenvalue weighted by atomic mass is 9.90. The summed E-state index contributed by atoms with van der Waals surface area (Å²) in [5.74, 6) is -0.123. The highest BCUT2D eigenvalue weighted by molar-refractivity contribution is 7.09. The molecule has 4 heteroatoms. The Labute approximate surface area is 113 Å². The summed E-state index contributed by atoms with van der Waals surface area (Å²) in [4.78, 5) is 16.6. The van der Waals surface area contributed by atoms with Crippen molar-refractivity contribution in [2.24, 2.45) is 0 Å². The third-order valence-electron chi connectivity index (χ3n) is 3.32.